The van der Waals surface area contributed by atoms with E-state index >= 15 is 0 Å². The van der Waals surface area contributed by atoms with Gasteiger partial charge in [0.25, 0.3) is 0 Å². The highest BCUT2D eigenvalue weighted by Gasteiger charge is 2.20. The minimum absolute atomic E-state index is 0.0879. The number of rotatable bonds is 4. The topological polar surface area (TPSA) is 77.5 Å². The number of aryl methyl sites for hydroxylation is 1. The van der Waals surface area contributed by atoms with Gasteiger partial charge in [0.1, 0.15) is 12.2 Å². The molecule has 0 bridgehead atoms. The van der Waals surface area contributed by atoms with Gasteiger partial charge in [-0.05, 0) is 6.07 Å². The van der Waals surface area contributed by atoms with Crippen LogP contribution in [0.4, 0.5) is 0 Å². The second kappa shape index (κ2) is 4.73. The third-order valence-corrected chi connectivity index (χ3v) is 2.96. The number of carbonyl (C=O) groups is 1. The van der Waals surface area contributed by atoms with Crippen LogP contribution >= 0.6 is 0 Å². The maximum Gasteiger partial charge on any atom is 0.372 e. The lowest BCUT2D eigenvalue weighted by molar-refractivity contribution is 0.0661. The molecule has 0 radical (unpaired) electrons. The summed E-state index contributed by atoms with van der Waals surface area (Å²) < 4.78 is 12.5. The molecule has 0 aliphatic carbocycles. The first-order valence-electron chi connectivity index (χ1n) is 6.00. The van der Waals surface area contributed by atoms with Gasteiger partial charge in [0.05, 0.1) is 18.0 Å². The van der Waals surface area contributed by atoms with Crippen LogP contribution in [0.25, 0.3) is 11.0 Å². The van der Waals surface area contributed by atoms with E-state index in [0.717, 1.165) is 5.39 Å². The van der Waals surface area contributed by atoms with Crippen molar-refractivity contribution in [3.8, 4) is 5.75 Å². The maximum absolute atomic E-state index is 11.2. The SMILES string of the molecule is Cn1cc(OCc2c(C(=O)O)oc3ccccc23)cn1. The number of aromatic carboxylic acids is 1. The van der Waals surface area contributed by atoms with Gasteiger partial charge in [-0.25, -0.2) is 4.79 Å². The third kappa shape index (κ3) is 2.11. The average Bonchev–Trinajstić information content (AvgIpc) is 3.00. The van der Waals surface area contributed by atoms with Crippen molar-refractivity contribution in [2.45, 2.75) is 6.61 Å². The Morgan fingerprint density at radius 2 is 2.25 bits per heavy atom. The zero-order valence-corrected chi connectivity index (χ0v) is 10.7. The Balaban J connectivity index is 1.96. The Labute approximate surface area is 114 Å². The first-order chi connectivity index (χ1) is 9.65. The highest BCUT2D eigenvalue weighted by atomic mass is 16.5. The van der Waals surface area contributed by atoms with Crippen molar-refractivity contribution in [3.05, 3.63) is 48.0 Å². The molecule has 0 saturated heterocycles. The molecule has 0 atom stereocenters. The van der Waals surface area contributed by atoms with Gasteiger partial charge >= 0.3 is 5.97 Å². The molecule has 0 aliphatic heterocycles. The summed E-state index contributed by atoms with van der Waals surface area (Å²) in [5.74, 6) is -0.616. The van der Waals surface area contributed by atoms with E-state index in [0.29, 0.717) is 16.9 Å². The lowest BCUT2D eigenvalue weighted by Crippen LogP contribution is -2.02. The molecule has 0 spiro atoms. The van der Waals surface area contributed by atoms with Crippen LogP contribution in [-0.4, -0.2) is 20.9 Å². The summed E-state index contributed by atoms with van der Waals surface area (Å²) in [7, 11) is 1.78. The largest absolute Gasteiger partial charge is 0.485 e. The summed E-state index contributed by atoms with van der Waals surface area (Å²) in [5.41, 5.74) is 1.06. The Bertz CT molecular complexity index is 772. The molecular weight excluding hydrogens is 260 g/mol. The maximum atomic E-state index is 11.2. The van der Waals surface area contributed by atoms with Gasteiger partial charge in [0.2, 0.25) is 5.76 Å². The molecule has 0 unspecified atom stereocenters. The number of hydrogen-bond acceptors (Lipinski definition) is 4. The molecule has 0 aliphatic rings. The number of carboxylic acids is 1. The van der Waals surface area contributed by atoms with Crippen LogP contribution in [0.3, 0.4) is 0 Å². The van der Waals surface area contributed by atoms with Gasteiger partial charge in [0, 0.05) is 12.4 Å². The third-order valence-electron chi connectivity index (χ3n) is 2.96. The van der Waals surface area contributed by atoms with E-state index in [9.17, 15) is 9.90 Å². The van der Waals surface area contributed by atoms with Crippen LogP contribution in [0.2, 0.25) is 0 Å². The van der Waals surface area contributed by atoms with Crippen molar-refractivity contribution >= 4 is 16.9 Å². The van der Waals surface area contributed by atoms with Gasteiger partial charge in [-0.3, -0.25) is 4.68 Å². The van der Waals surface area contributed by atoms with Crippen molar-refractivity contribution in [3.63, 3.8) is 0 Å². The highest BCUT2D eigenvalue weighted by molar-refractivity contribution is 5.95. The summed E-state index contributed by atoms with van der Waals surface area (Å²) >= 11 is 0. The van der Waals surface area contributed by atoms with Crippen LogP contribution in [-0.2, 0) is 13.7 Å². The summed E-state index contributed by atoms with van der Waals surface area (Å²) in [6.07, 6.45) is 3.28. The number of ether oxygens (including phenoxy) is 1. The zero-order valence-electron chi connectivity index (χ0n) is 10.7. The second-order valence-electron chi connectivity index (χ2n) is 4.35. The fourth-order valence-corrected chi connectivity index (χ4v) is 2.04. The lowest BCUT2D eigenvalue weighted by atomic mass is 10.1. The van der Waals surface area contributed by atoms with Crippen LogP contribution in [0.15, 0.2) is 41.1 Å². The highest BCUT2D eigenvalue weighted by Crippen LogP contribution is 2.27. The van der Waals surface area contributed by atoms with E-state index in [1.54, 1.807) is 36.3 Å². The number of nitrogens with zero attached hydrogens (tertiary/aromatic N) is 2. The summed E-state index contributed by atoms with van der Waals surface area (Å²) in [6.45, 7) is 0.115. The normalized spacial score (nSPS) is 10.8. The first kappa shape index (κ1) is 12.3. The molecular formula is C14H12N2O4. The quantitative estimate of drug-likeness (QED) is 0.789. The summed E-state index contributed by atoms with van der Waals surface area (Å²) in [5, 5.41) is 13.9. The molecule has 2 heterocycles. The molecule has 6 nitrogen and oxygen atoms in total. The Hall–Kier alpha value is -2.76. The molecule has 0 saturated carbocycles. The number of para-hydroxylation sites is 1. The number of aromatic nitrogens is 2. The number of fused-ring (bicyclic) bond motifs is 1. The first-order valence-corrected chi connectivity index (χ1v) is 6.00. The molecule has 1 aromatic carbocycles. The van der Waals surface area contributed by atoms with Crippen molar-refractivity contribution in [2.75, 3.05) is 0 Å². The second-order valence-corrected chi connectivity index (χ2v) is 4.35. The van der Waals surface area contributed by atoms with Crippen LogP contribution < -0.4 is 4.74 Å². The van der Waals surface area contributed by atoms with Crippen LogP contribution in [0.5, 0.6) is 5.75 Å². The van der Waals surface area contributed by atoms with E-state index in [1.165, 1.54) is 0 Å². The van der Waals surface area contributed by atoms with Gasteiger partial charge in [-0.15, -0.1) is 0 Å². The molecule has 3 rings (SSSR count). The van der Waals surface area contributed by atoms with E-state index in [2.05, 4.69) is 5.10 Å². The van der Waals surface area contributed by atoms with Crippen LogP contribution in [0, 0.1) is 0 Å². The zero-order chi connectivity index (χ0) is 14.1. The van der Waals surface area contributed by atoms with E-state index in [1.807, 2.05) is 12.1 Å². The smallest absolute Gasteiger partial charge is 0.372 e. The minimum atomic E-state index is -1.11. The van der Waals surface area contributed by atoms with Crippen molar-refractivity contribution < 1.29 is 19.1 Å². The van der Waals surface area contributed by atoms with Crippen molar-refractivity contribution in [1.82, 2.24) is 9.78 Å². The number of carboxylic acid groups (broad SMARTS) is 1. The molecule has 102 valence electrons. The number of furan rings is 1. The summed E-state index contributed by atoms with van der Waals surface area (Å²) in [6, 6.07) is 7.17. The molecule has 3 aromatic rings. The molecule has 0 fully saturated rings. The van der Waals surface area contributed by atoms with E-state index < -0.39 is 5.97 Å². The monoisotopic (exact) mass is 272 g/mol. The fourth-order valence-electron chi connectivity index (χ4n) is 2.04. The van der Waals surface area contributed by atoms with Gasteiger partial charge in [-0.1, -0.05) is 18.2 Å². The molecule has 2 aromatic heterocycles. The van der Waals surface area contributed by atoms with Crippen LogP contribution in [0.1, 0.15) is 16.1 Å². The van der Waals surface area contributed by atoms with Gasteiger partial charge < -0.3 is 14.3 Å². The standard InChI is InChI=1S/C14H12N2O4/c1-16-7-9(6-15-16)19-8-11-10-4-2-3-5-12(10)20-13(11)14(17)18/h2-7H,8H2,1H3,(H,17,18). The fraction of sp³-hybridized carbons (Fsp3) is 0.143. The minimum Gasteiger partial charge on any atom is -0.485 e. The average molecular weight is 272 g/mol. The molecule has 0 amide bonds. The predicted octanol–water partition coefficient (Wildman–Crippen LogP) is 2.44. The van der Waals surface area contributed by atoms with Crippen molar-refractivity contribution in [2.24, 2.45) is 7.05 Å². The Kier molecular flexibility index (Phi) is 2.90. The van der Waals surface area contributed by atoms with Gasteiger partial charge in [0.15, 0.2) is 5.75 Å². The Morgan fingerprint density at radius 1 is 1.45 bits per heavy atom. The van der Waals surface area contributed by atoms with E-state index in [-0.39, 0.29) is 12.4 Å². The summed E-state index contributed by atoms with van der Waals surface area (Å²) in [4.78, 5) is 11.2. The predicted molar refractivity (Wildman–Crippen MR) is 70.7 cm³/mol. The number of benzene rings is 1. The Morgan fingerprint density at radius 3 is 2.95 bits per heavy atom. The molecule has 6 heteroatoms. The molecule has 1 N–H and O–H groups in total. The van der Waals surface area contributed by atoms with Crippen molar-refractivity contribution in [1.29, 1.82) is 0 Å². The lowest BCUT2D eigenvalue weighted by Gasteiger charge is -2.02. The van der Waals surface area contributed by atoms with Gasteiger partial charge in [-0.2, -0.15) is 5.10 Å². The van der Waals surface area contributed by atoms with E-state index in [4.69, 9.17) is 9.15 Å². The molecule has 20 heavy (non-hydrogen) atoms. The number of hydrogen-bond donors (Lipinski definition) is 1.